The zero-order valence-electron chi connectivity index (χ0n) is 14.4. The van der Waals surface area contributed by atoms with E-state index in [9.17, 15) is 14.7 Å². The van der Waals surface area contributed by atoms with E-state index in [0.29, 0.717) is 5.75 Å². The SMILES string of the molecule is CC(C)Oc1cccc(CNC(=O)N[C@](C)(C(=O)O)c2ccco2)c1. The summed E-state index contributed by atoms with van der Waals surface area (Å²) >= 11 is 0. The monoisotopic (exact) mass is 346 g/mol. The molecule has 2 rings (SSSR count). The van der Waals surface area contributed by atoms with E-state index >= 15 is 0 Å². The number of carbonyl (C=O) groups excluding carboxylic acids is 1. The van der Waals surface area contributed by atoms with Crippen LogP contribution in [0.5, 0.6) is 5.75 Å². The van der Waals surface area contributed by atoms with E-state index < -0.39 is 17.5 Å². The van der Waals surface area contributed by atoms with Crippen molar-refractivity contribution in [3.8, 4) is 5.75 Å². The van der Waals surface area contributed by atoms with Gasteiger partial charge in [-0.3, -0.25) is 0 Å². The Kier molecular flexibility index (Phi) is 5.69. The number of carbonyl (C=O) groups is 2. The Morgan fingerprint density at radius 3 is 2.64 bits per heavy atom. The maximum atomic E-state index is 12.1. The number of aliphatic carboxylic acids is 1. The van der Waals surface area contributed by atoms with E-state index in [0.717, 1.165) is 5.56 Å². The molecule has 3 N–H and O–H groups in total. The number of nitrogens with one attached hydrogen (secondary N) is 2. The van der Waals surface area contributed by atoms with E-state index in [1.165, 1.54) is 19.3 Å². The summed E-state index contributed by atoms with van der Waals surface area (Å²) in [5, 5.41) is 14.5. The van der Waals surface area contributed by atoms with Gasteiger partial charge in [-0.1, -0.05) is 12.1 Å². The van der Waals surface area contributed by atoms with Crippen LogP contribution in [0.2, 0.25) is 0 Å². The summed E-state index contributed by atoms with van der Waals surface area (Å²) in [6, 6.07) is 9.78. The van der Waals surface area contributed by atoms with Crippen LogP contribution in [0.15, 0.2) is 47.1 Å². The molecular weight excluding hydrogens is 324 g/mol. The van der Waals surface area contributed by atoms with Crippen LogP contribution in [0, 0.1) is 0 Å². The Morgan fingerprint density at radius 2 is 2.04 bits per heavy atom. The molecule has 0 aliphatic carbocycles. The van der Waals surface area contributed by atoms with Crippen molar-refractivity contribution < 1.29 is 23.8 Å². The normalized spacial score (nSPS) is 13.1. The van der Waals surface area contributed by atoms with Gasteiger partial charge in [0.2, 0.25) is 0 Å². The van der Waals surface area contributed by atoms with Gasteiger partial charge >= 0.3 is 12.0 Å². The lowest BCUT2D eigenvalue weighted by atomic mass is 9.99. The summed E-state index contributed by atoms with van der Waals surface area (Å²) in [6.45, 7) is 5.46. The first-order valence-electron chi connectivity index (χ1n) is 7.90. The maximum absolute atomic E-state index is 12.1. The summed E-state index contributed by atoms with van der Waals surface area (Å²) in [4.78, 5) is 23.7. The van der Waals surface area contributed by atoms with Gasteiger partial charge in [0.25, 0.3) is 0 Å². The third-order valence-corrected chi connectivity index (χ3v) is 3.53. The van der Waals surface area contributed by atoms with Crippen molar-refractivity contribution in [2.45, 2.75) is 39.0 Å². The highest BCUT2D eigenvalue weighted by Gasteiger charge is 2.39. The number of furan rings is 1. The van der Waals surface area contributed by atoms with E-state index in [4.69, 9.17) is 9.15 Å². The van der Waals surface area contributed by atoms with Gasteiger partial charge in [0, 0.05) is 6.54 Å². The van der Waals surface area contributed by atoms with Crippen molar-refractivity contribution in [1.82, 2.24) is 10.6 Å². The fourth-order valence-corrected chi connectivity index (χ4v) is 2.24. The van der Waals surface area contributed by atoms with Crippen LogP contribution in [0.3, 0.4) is 0 Å². The van der Waals surface area contributed by atoms with Gasteiger partial charge in [0.1, 0.15) is 11.5 Å². The number of benzene rings is 1. The highest BCUT2D eigenvalue weighted by molar-refractivity contribution is 5.86. The Balaban J connectivity index is 1.99. The first-order valence-corrected chi connectivity index (χ1v) is 7.90. The number of hydrogen-bond donors (Lipinski definition) is 3. The number of urea groups is 1. The minimum atomic E-state index is -1.66. The van der Waals surface area contributed by atoms with Gasteiger partial charge < -0.3 is 24.9 Å². The Morgan fingerprint density at radius 1 is 1.28 bits per heavy atom. The number of carboxylic acids is 1. The molecule has 0 unspecified atom stereocenters. The number of hydrogen-bond acceptors (Lipinski definition) is 4. The van der Waals surface area contributed by atoms with Gasteiger partial charge in [0.05, 0.1) is 12.4 Å². The summed E-state index contributed by atoms with van der Waals surface area (Å²) < 4.78 is 10.7. The third-order valence-electron chi connectivity index (χ3n) is 3.53. The van der Waals surface area contributed by atoms with E-state index in [2.05, 4.69) is 10.6 Å². The second-order valence-electron chi connectivity index (χ2n) is 6.03. The molecule has 0 fully saturated rings. The summed E-state index contributed by atoms with van der Waals surface area (Å²) in [6.07, 6.45) is 1.41. The molecule has 0 saturated carbocycles. The number of carboxylic acid groups (broad SMARTS) is 1. The minimum Gasteiger partial charge on any atom is -0.491 e. The van der Waals surface area contributed by atoms with Crippen LogP contribution in [0.1, 0.15) is 32.1 Å². The third kappa shape index (κ3) is 4.76. The van der Waals surface area contributed by atoms with Crippen LogP contribution in [0.4, 0.5) is 4.79 Å². The van der Waals surface area contributed by atoms with Crippen LogP contribution in [-0.4, -0.2) is 23.2 Å². The average molecular weight is 346 g/mol. The van der Waals surface area contributed by atoms with Crippen LogP contribution >= 0.6 is 0 Å². The van der Waals surface area contributed by atoms with Crippen LogP contribution in [0.25, 0.3) is 0 Å². The van der Waals surface area contributed by atoms with E-state index in [1.807, 2.05) is 38.1 Å². The van der Waals surface area contributed by atoms with Gasteiger partial charge in [-0.05, 0) is 50.6 Å². The van der Waals surface area contributed by atoms with Crippen molar-refractivity contribution >= 4 is 12.0 Å². The standard InChI is InChI=1S/C18H22N2O5/c1-12(2)25-14-7-4-6-13(10-14)11-19-17(23)20-18(3,16(21)22)15-8-5-9-24-15/h4-10,12H,11H2,1-3H3,(H,21,22)(H2,19,20,23)/t18-/m0/s1. The van der Waals surface area contributed by atoms with Gasteiger partial charge in [0.15, 0.2) is 5.54 Å². The lowest BCUT2D eigenvalue weighted by molar-refractivity contribution is -0.144. The highest BCUT2D eigenvalue weighted by atomic mass is 16.5. The second-order valence-corrected chi connectivity index (χ2v) is 6.03. The Hall–Kier alpha value is -2.96. The predicted octanol–water partition coefficient (Wildman–Crippen LogP) is 2.87. The fraction of sp³-hybridized carbons (Fsp3) is 0.333. The topological polar surface area (TPSA) is 101 Å². The molecule has 0 bridgehead atoms. The first-order chi connectivity index (χ1) is 11.8. The number of amides is 2. The molecule has 0 saturated heterocycles. The molecule has 0 aliphatic heterocycles. The molecule has 1 aromatic heterocycles. The molecule has 0 radical (unpaired) electrons. The number of ether oxygens (including phenoxy) is 1. The largest absolute Gasteiger partial charge is 0.491 e. The lowest BCUT2D eigenvalue weighted by Gasteiger charge is -2.24. The van der Waals surface area contributed by atoms with Crippen molar-refractivity contribution in [3.05, 3.63) is 54.0 Å². The van der Waals surface area contributed by atoms with Crippen molar-refractivity contribution in [1.29, 1.82) is 0 Å². The van der Waals surface area contributed by atoms with Gasteiger partial charge in [-0.25, -0.2) is 9.59 Å². The Bertz CT molecular complexity index is 727. The lowest BCUT2D eigenvalue weighted by Crippen LogP contribution is -2.52. The molecule has 0 spiro atoms. The molecule has 1 heterocycles. The van der Waals surface area contributed by atoms with Crippen LogP contribution < -0.4 is 15.4 Å². The average Bonchev–Trinajstić information content (AvgIpc) is 3.07. The van der Waals surface area contributed by atoms with Crippen molar-refractivity contribution in [3.63, 3.8) is 0 Å². The quantitative estimate of drug-likeness (QED) is 0.716. The molecule has 1 atom stereocenters. The molecule has 2 aromatic rings. The summed E-state index contributed by atoms with van der Waals surface area (Å²) in [7, 11) is 0. The molecular formula is C18H22N2O5. The zero-order valence-corrected chi connectivity index (χ0v) is 14.4. The van der Waals surface area contributed by atoms with Crippen molar-refractivity contribution in [2.24, 2.45) is 0 Å². The molecule has 25 heavy (non-hydrogen) atoms. The predicted molar refractivity (Wildman–Crippen MR) is 91.3 cm³/mol. The van der Waals surface area contributed by atoms with Crippen LogP contribution in [-0.2, 0) is 16.9 Å². The van der Waals surface area contributed by atoms with Gasteiger partial charge in [-0.15, -0.1) is 0 Å². The summed E-state index contributed by atoms with van der Waals surface area (Å²) in [5.41, 5.74) is -0.820. The molecule has 7 heteroatoms. The highest BCUT2D eigenvalue weighted by Crippen LogP contribution is 2.21. The number of rotatable bonds is 7. The molecule has 2 amide bonds. The van der Waals surface area contributed by atoms with E-state index in [-0.39, 0.29) is 18.4 Å². The van der Waals surface area contributed by atoms with E-state index in [1.54, 1.807) is 6.07 Å². The molecule has 7 nitrogen and oxygen atoms in total. The molecule has 134 valence electrons. The Labute approximate surface area is 146 Å². The maximum Gasteiger partial charge on any atom is 0.337 e. The summed E-state index contributed by atoms with van der Waals surface area (Å²) in [5.74, 6) is -0.368. The molecule has 0 aliphatic rings. The minimum absolute atomic E-state index is 0.0519. The van der Waals surface area contributed by atoms with Crippen molar-refractivity contribution in [2.75, 3.05) is 0 Å². The molecule has 1 aromatic carbocycles. The van der Waals surface area contributed by atoms with Gasteiger partial charge in [-0.2, -0.15) is 0 Å². The fourth-order valence-electron chi connectivity index (χ4n) is 2.24. The second kappa shape index (κ2) is 7.74. The smallest absolute Gasteiger partial charge is 0.337 e. The zero-order chi connectivity index (χ0) is 18.4. The first kappa shape index (κ1) is 18.4.